The molecule has 2 atom stereocenters. The van der Waals surface area contributed by atoms with Gasteiger partial charge in [0.1, 0.15) is 17.5 Å². The zero-order chi connectivity index (χ0) is 17.9. The number of carbonyl (C=O) groups excluding carboxylic acids is 2. The molecule has 0 bridgehead atoms. The van der Waals surface area contributed by atoms with E-state index in [1.54, 1.807) is 51.3 Å². The van der Waals surface area contributed by atoms with Crippen molar-refractivity contribution in [1.82, 2.24) is 4.90 Å². The van der Waals surface area contributed by atoms with Crippen molar-refractivity contribution in [3.63, 3.8) is 0 Å². The number of anilines is 1. The van der Waals surface area contributed by atoms with E-state index in [9.17, 15) is 9.59 Å². The maximum absolute atomic E-state index is 12.8. The lowest BCUT2D eigenvalue weighted by molar-refractivity contribution is -0.136. The molecule has 1 heterocycles. The molecule has 0 radical (unpaired) electrons. The fourth-order valence-electron chi connectivity index (χ4n) is 2.82. The molecular weight excluding hydrogens is 346 g/mol. The Hall–Kier alpha value is -1.99. The van der Waals surface area contributed by atoms with Crippen molar-refractivity contribution in [2.24, 2.45) is 5.73 Å². The Kier molecular flexibility index (Phi) is 7.51. The van der Waals surface area contributed by atoms with Gasteiger partial charge in [-0.15, -0.1) is 12.4 Å². The van der Waals surface area contributed by atoms with E-state index < -0.39 is 6.04 Å². The van der Waals surface area contributed by atoms with Crippen molar-refractivity contribution in [3.05, 3.63) is 18.2 Å². The number of carbonyl (C=O) groups is 2. The number of nitrogens with zero attached hydrogens (tertiary/aromatic N) is 2. The van der Waals surface area contributed by atoms with Crippen molar-refractivity contribution >= 4 is 29.9 Å². The number of ether oxygens (including phenoxy) is 2. The highest BCUT2D eigenvalue weighted by atomic mass is 35.5. The molecule has 1 aromatic rings. The van der Waals surface area contributed by atoms with E-state index in [1.165, 1.54) is 4.90 Å². The van der Waals surface area contributed by atoms with Crippen LogP contribution in [0.3, 0.4) is 0 Å². The second kappa shape index (κ2) is 8.92. The van der Waals surface area contributed by atoms with Crippen LogP contribution in [0.25, 0.3) is 0 Å². The van der Waals surface area contributed by atoms with Gasteiger partial charge in [0.2, 0.25) is 11.8 Å². The number of halogens is 1. The summed E-state index contributed by atoms with van der Waals surface area (Å²) in [5.74, 6) is 1.00. The minimum Gasteiger partial charge on any atom is -0.497 e. The third kappa shape index (κ3) is 4.76. The third-order valence-electron chi connectivity index (χ3n) is 4.18. The Morgan fingerprint density at radius 1 is 1.32 bits per heavy atom. The molecule has 2 unspecified atom stereocenters. The molecule has 1 saturated heterocycles. The van der Waals surface area contributed by atoms with E-state index in [-0.39, 0.29) is 36.7 Å². The minimum atomic E-state index is -0.464. The normalized spacial score (nSPS) is 17.7. The summed E-state index contributed by atoms with van der Waals surface area (Å²) < 4.78 is 10.5. The number of hydrogen-bond donors (Lipinski definition) is 1. The van der Waals surface area contributed by atoms with Gasteiger partial charge in [-0.05, 0) is 13.3 Å². The molecule has 25 heavy (non-hydrogen) atoms. The smallest absolute Gasteiger partial charge is 0.249 e. The molecular formula is C17H26ClN3O4. The van der Waals surface area contributed by atoms with Crippen LogP contribution in [0.4, 0.5) is 5.69 Å². The average molecular weight is 372 g/mol. The standard InChI is InChI=1S/C17H25N3O4.ClH/c1-11(18)7-16(21)19(2)15-5-6-20(17(15)22)12-8-13(23-3)10-14(9-12)24-4;/h8-11,15H,5-7,18H2,1-4H3;1H. The predicted molar refractivity (Wildman–Crippen MR) is 98.6 cm³/mol. The maximum atomic E-state index is 12.8. The first-order chi connectivity index (χ1) is 11.4. The van der Waals surface area contributed by atoms with Crippen LogP contribution in [-0.4, -0.2) is 56.6 Å². The number of methoxy groups -OCH3 is 2. The van der Waals surface area contributed by atoms with E-state index >= 15 is 0 Å². The molecule has 2 amide bonds. The van der Waals surface area contributed by atoms with Gasteiger partial charge >= 0.3 is 0 Å². The lowest BCUT2D eigenvalue weighted by atomic mass is 10.1. The fraction of sp³-hybridized carbons (Fsp3) is 0.529. The summed E-state index contributed by atoms with van der Waals surface area (Å²) in [7, 11) is 4.78. The van der Waals surface area contributed by atoms with E-state index in [1.807, 2.05) is 0 Å². The summed E-state index contributed by atoms with van der Waals surface area (Å²) in [4.78, 5) is 28.1. The summed E-state index contributed by atoms with van der Waals surface area (Å²) in [5, 5.41) is 0. The Morgan fingerprint density at radius 3 is 2.36 bits per heavy atom. The summed E-state index contributed by atoms with van der Waals surface area (Å²) in [6, 6.07) is 4.63. The van der Waals surface area contributed by atoms with Gasteiger partial charge < -0.3 is 25.0 Å². The van der Waals surface area contributed by atoms with Crippen LogP contribution in [-0.2, 0) is 9.59 Å². The zero-order valence-corrected chi connectivity index (χ0v) is 15.8. The van der Waals surface area contributed by atoms with Gasteiger partial charge in [-0.1, -0.05) is 0 Å². The zero-order valence-electron chi connectivity index (χ0n) is 15.0. The molecule has 2 rings (SSSR count). The van der Waals surface area contributed by atoms with Crippen molar-refractivity contribution in [2.45, 2.75) is 31.8 Å². The van der Waals surface area contributed by atoms with Gasteiger partial charge in [-0.3, -0.25) is 9.59 Å². The molecule has 7 nitrogen and oxygen atoms in total. The van der Waals surface area contributed by atoms with Crippen LogP contribution in [0.2, 0.25) is 0 Å². The average Bonchev–Trinajstić information content (AvgIpc) is 2.94. The lowest BCUT2D eigenvalue weighted by Gasteiger charge is -2.25. The molecule has 1 fully saturated rings. The van der Waals surface area contributed by atoms with Crippen molar-refractivity contribution in [2.75, 3.05) is 32.7 Å². The summed E-state index contributed by atoms with van der Waals surface area (Å²) >= 11 is 0. The highest BCUT2D eigenvalue weighted by molar-refractivity contribution is 6.01. The van der Waals surface area contributed by atoms with Crippen LogP contribution >= 0.6 is 12.4 Å². The van der Waals surface area contributed by atoms with Gasteiger partial charge in [0, 0.05) is 44.3 Å². The quantitative estimate of drug-likeness (QED) is 0.817. The predicted octanol–water partition coefficient (Wildman–Crippen LogP) is 1.43. The Bertz CT molecular complexity index is 602. The maximum Gasteiger partial charge on any atom is 0.249 e. The molecule has 1 aliphatic heterocycles. The molecule has 0 aromatic heterocycles. The van der Waals surface area contributed by atoms with Crippen molar-refractivity contribution < 1.29 is 19.1 Å². The molecule has 0 spiro atoms. The highest BCUT2D eigenvalue weighted by Gasteiger charge is 2.37. The van der Waals surface area contributed by atoms with Gasteiger partial charge in [-0.2, -0.15) is 0 Å². The second-order valence-electron chi connectivity index (χ2n) is 6.05. The van der Waals surface area contributed by atoms with E-state index in [0.29, 0.717) is 30.2 Å². The molecule has 2 N–H and O–H groups in total. The Balaban J connectivity index is 0.00000312. The Morgan fingerprint density at radius 2 is 1.88 bits per heavy atom. The molecule has 0 aliphatic carbocycles. The molecule has 1 aliphatic rings. The van der Waals surface area contributed by atoms with Crippen molar-refractivity contribution in [3.8, 4) is 11.5 Å². The van der Waals surface area contributed by atoms with Gasteiger partial charge in [0.15, 0.2) is 0 Å². The molecule has 140 valence electrons. The number of nitrogens with two attached hydrogens (primary N) is 1. The number of rotatable bonds is 6. The van der Waals surface area contributed by atoms with Crippen LogP contribution in [0.15, 0.2) is 18.2 Å². The number of hydrogen-bond acceptors (Lipinski definition) is 5. The third-order valence-corrected chi connectivity index (χ3v) is 4.18. The van der Waals surface area contributed by atoms with Crippen LogP contribution in [0.1, 0.15) is 19.8 Å². The molecule has 1 aromatic carbocycles. The Labute approximate surface area is 154 Å². The number of likely N-dealkylation sites (N-methyl/N-ethyl adjacent to an activating group) is 1. The number of benzene rings is 1. The lowest BCUT2D eigenvalue weighted by Crippen LogP contribution is -2.44. The SMILES string of the molecule is COc1cc(OC)cc(N2CCC(N(C)C(=O)CC(C)N)C2=O)c1.Cl. The van der Waals surface area contributed by atoms with E-state index in [2.05, 4.69) is 0 Å². The first-order valence-corrected chi connectivity index (χ1v) is 7.93. The fourth-order valence-corrected chi connectivity index (χ4v) is 2.82. The monoisotopic (exact) mass is 371 g/mol. The second-order valence-corrected chi connectivity index (χ2v) is 6.05. The van der Waals surface area contributed by atoms with Crippen LogP contribution < -0.4 is 20.1 Å². The molecule has 8 heteroatoms. The first-order valence-electron chi connectivity index (χ1n) is 7.93. The van der Waals surface area contributed by atoms with E-state index in [4.69, 9.17) is 15.2 Å². The van der Waals surface area contributed by atoms with Crippen molar-refractivity contribution in [1.29, 1.82) is 0 Å². The minimum absolute atomic E-state index is 0. The summed E-state index contributed by atoms with van der Waals surface area (Å²) in [5.41, 5.74) is 6.38. The highest BCUT2D eigenvalue weighted by Crippen LogP contribution is 2.31. The summed E-state index contributed by atoms with van der Waals surface area (Å²) in [6.45, 7) is 2.31. The van der Waals surface area contributed by atoms with Gasteiger partial charge in [-0.25, -0.2) is 0 Å². The topological polar surface area (TPSA) is 85.1 Å². The van der Waals surface area contributed by atoms with Crippen LogP contribution in [0.5, 0.6) is 11.5 Å². The van der Waals surface area contributed by atoms with E-state index in [0.717, 1.165) is 0 Å². The first kappa shape index (κ1) is 21.1. The largest absolute Gasteiger partial charge is 0.497 e. The molecule has 0 saturated carbocycles. The van der Waals surface area contributed by atoms with Gasteiger partial charge in [0.05, 0.1) is 19.9 Å². The number of amides is 2. The van der Waals surface area contributed by atoms with Crippen LogP contribution in [0, 0.1) is 0 Å². The summed E-state index contributed by atoms with van der Waals surface area (Å²) in [6.07, 6.45) is 0.812. The van der Waals surface area contributed by atoms with Gasteiger partial charge in [0.25, 0.3) is 0 Å².